The number of benzene rings is 2. The molecule has 1 saturated heterocycles. The van der Waals surface area contributed by atoms with Crippen molar-refractivity contribution >= 4 is 56.6 Å². The first-order chi connectivity index (χ1) is 13.5. The molecule has 142 valence electrons. The Morgan fingerprint density at radius 2 is 1.86 bits per heavy atom. The molecule has 0 atom stereocenters. The fourth-order valence-electron chi connectivity index (χ4n) is 3.26. The van der Waals surface area contributed by atoms with E-state index in [0.717, 1.165) is 15.1 Å². The molecule has 1 aromatic heterocycles. The van der Waals surface area contributed by atoms with E-state index in [1.165, 1.54) is 17.4 Å². The first kappa shape index (κ1) is 18.6. The van der Waals surface area contributed by atoms with Gasteiger partial charge in [0.25, 0.3) is 5.91 Å². The van der Waals surface area contributed by atoms with Gasteiger partial charge in [0.15, 0.2) is 4.80 Å². The highest BCUT2D eigenvalue weighted by Gasteiger charge is 2.30. The monoisotopic (exact) mass is 413 g/mol. The zero-order chi connectivity index (χ0) is 19.8. The van der Waals surface area contributed by atoms with Crippen LogP contribution in [0.3, 0.4) is 0 Å². The maximum atomic E-state index is 12.8. The largest absolute Gasteiger partial charge is 0.315 e. The Bertz CT molecular complexity index is 1180. The number of nitrogens with zero attached hydrogens (tertiary/aromatic N) is 3. The molecule has 1 aliphatic heterocycles. The van der Waals surface area contributed by atoms with Gasteiger partial charge in [-0.05, 0) is 37.3 Å². The molecule has 1 fully saturated rings. The molecule has 0 saturated carbocycles. The topological polar surface area (TPSA) is 71.7 Å². The highest BCUT2D eigenvalue weighted by Crippen LogP contribution is 2.26. The summed E-state index contributed by atoms with van der Waals surface area (Å²) in [5, 5.41) is 0.609. The molecule has 0 aliphatic carbocycles. The number of amides is 3. The van der Waals surface area contributed by atoms with Gasteiger partial charge < -0.3 is 4.57 Å². The maximum Gasteiger partial charge on any atom is 0.279 e. The number of fused-ring (bicyclic) bond motifs is 1. The van der Waals surface area contributed by atoms with Crippen molar-refractivity contribution in [1.29, 1.82) is 0 Å². The highest BCUT2D eigenvalue weighted by molar-refractivity contribution is 7.16. The van der Waals surface area contributed by atoms with E-state index >= 15 is 0 Å². The third-order valence-electron chi connectivity index (χ3n) is 4.57. The van der Waals surface area contributed by atoms with Gasteiger partial charge in [-0.1, -0.05) is 35.1 Å². The van der Waals surface area contributed by atoms with Crippen LogP contribution in [0.5, 0.6) is 0 Å². The van der Waals surface area contributed by atoms with Crippen molar-refractivity contribution in [2.24, 2.45) is 4.99 Å². The van der Waals surface area contributed by atoms with Crippen LogP contribution in [-0.2, 0) is 16.1 Å². The number of aromatic nitrogens is 1. The third-order valence-corrected chi connectivity index (χ3v) is 5.92. The van der Waals surface area contributed by atoms with Crippen LogP contribution in [-0.4, -0.2) is 22.3 Å². The van der Waals surface area contributed by atoms with E-state index < -0.39 is 5.91 Å². The molecule has 2 heterocycles. The molecule has 8 heteroatoms. The number of hydrogen-bond acceptors (Lipinski definition) is 4. The number of aryl methyl sites for hydroxylation is 1. The lowest BCUT2D eigenvalue weighted by Crippen LogP contribution is -2.28. The van der Waals surface area contributed by atoms with E-state index in [9.17, 15) is 14.4 Å². The van der Waals surface area contributed by atoms with Crippen molar-refractivity contribution in [2.75, 3.05) is 4.90 Å². The van der Waals surface area contributed by atoms with Gasteiger partial charge in [-0.25, -0.2) is 0 Å². The summed E-state index contributed by atoms with van der Waals surface area (Å²) >= 11 is 7.71. The molecular weight excluding hydrogens is 398 g/mol. The predicted octanol–water partition coefficient (Wildman–Crippen LogP) is 3.77. The Kier molecular flexibility index (Phi) is 4.87. The second kappa shape index (κ2) is 7.33. The van der Waals surface area contributed by atoms with Crippen LogP contribution in [0.25, 0.3) is 10.2 Å². The van der Waals surface area contributed by atoms with Gasteiger partial charge in [0.2, 0.25) is 11.8 Å². The maximum absolute atomic E-state index is 12.8. The van der Waals surface area contributed by atoms with Crippen LogP contribution in [0.15, 0.2) is 47.5 Å². The fourth-order valence-corrected chi connectivity index (χ4v) is 4.71. The lowest BCUT2D eigenvalue weighted by Gasteiger charge is -2.14. The van der Waals surface area contributed by atoms with Crippen molar-refractivity contribution in [3.8, 4) is 0 Å². The van der Waals surface area contributed by atoms with Crippen molar-refractivity contribution < 1.29 is 14.4 Å². The average Bonchev–Trinajstić information content (AvgIpc) is 3.21. The number of carbonyl (C=O) groups is 3. The van der Waals surface area contributed by atoms with Crippen LogP contribution in [0, 0.1) is 0 Å². The second-order valence-electron chi connectivity index (χ2n) is 6.31. The molecule has 1 aliphatic rings. The van der Waals surface area contributed by atoms with Gasteiger partial charge in [0.05, 0.1) is 20.9 Å². The van der Waals surface area contributed by atoms with Gasteiger partial charge in [0.1, 0.15) is 0 Å². The minimum atomic E-state index is -0.439. The Morgan fingerprint density at radius 1 is 1.14 bits per heavy atom. The molecule has 28 heavy (non-hydrogen) atoms. The Morgan fingerprint density at radius 3 is 2.57 bits per heavy atom. The number of rotatable bonds is 3. The number of thiazole rings is 1. The lowest BCUT2D eigenvalue weighted by molar-refractivity contribution is -0.121. The summed E-state index contributed by atoms with van der Waals surface area (Å²) in [5.74, 6) is -0.949. The summed E-state index contributed by atoms with van der Waals surface area (Å²) in [6.07, 6.45) is 0.390. The van der Waals surface area contributed by atoms with E-state index in [2.05, 4.69) is 4.99 Å². The molecule has 0 radical (unpaired) electrons. The first-order valence-electron chi connectivity index (χ1n) is 8.82. The summed E-state index contributed by atoms with van der Waals surface area (Å²) in [6, 6.07) is 12.0. The molecule has 2 aromatic carbocycles. The number of hydrogen-bond donors (Lipinski definition) is 0. The van der Waals surface area contributed by atoms with Crippen molar-refractivity contribution in [2.45, 2.75) is 26.3 Å². The van der Waals surface area contributed by atoms with Crippen LogP contribution in [0.4, 0.5) is 5.69 Å². The van der Waals surface area contributed by atoms with E-state index in [1.54, 1.807) is 18.2 Å². The molecule has 0 bridgehead atoms. The van der Waals surface area contributed by atoms with Crippen molar-refractivity contribution in [1.82, 2.24) is 4.57 Å². The van der Waals surface area contributed by atoms with Crippen LogP contribution in [0.2, 0.25) is 5.02 Å². The van der Waals surface area contributed by atoms with Gasteiger partial charge >= 0.3 is 0 Å². The van der Waals surface area contributed by atoms with Crippen LogP contribution < -0.4 is 9.70 Å². The molecule has 3 aromatic rings. The smallest absolute Gasteiger partial charge is 0.279 e. The zero-order valence-electron chi connectivity index (χ0n) is 15.0. The quantitative estimate of drug-likeness (QED) is 0.613. The molecule has 4 rings (SSSR count). The Balaban J connectivity index is 1.76. The van der Waals surface area contributed by atoms with E-state index in [-0.39, 0.29) is 24.7 Å². The molecular formula is C20H16ClN3O3S. The van der Waals surface area contributed by atoms with Gasteiger partial charge in [-0.3, -0.25) is 19.3 Å². The molecule has 6 nitrogen and oxygen atoms in total. The minimum absolute atomic E-state index is 0.195. The molecule has 3 amide bonds. The second-order valence-corrected chi connectivity index (χ2v) is 7.72. The summed E-state index contributed by atoms with van der Waals surface area (Å²) in [4.78, 5) is 42.6. The minimum Gasteiger partial charge on any atom is -0.315 e. The summed E-state index contributed by atoms with van der Waals surface area (Å²) in [6.45, 7) is 2.58. The Labute approximate surface area is 169 Å². The summed E-state index contributed by atoms with van der Waals surface area (Å²) < 4.78 is 2.85. The summed E-state index contributed by atoms with van der Waals surface area (Å²) in [5.41, 5.74) is 1.57. The molecule has 0 unspecified atom stereocenters. The zero-order valence-corrected chi connectivity index (χ0v) is 16.6. The average molecular weight is 414 g/mol. The molecule has 0 spiro atoms. The summed E-state index contributed by atoms with van der Waals surface area (Å²) in [7, 11) is 0. The SMILES string of the molecule is CCn1c(=NC(=O)c2cccc(N3C(=O)CCC3=O)c2)sc2cccc(Cl)c21. The number of para-hydroxylation sites is 1. The lowest BCUT2D eigenvalue weighted by atomic mass is 10.2. The third kappa shape index (κ3) is 3.16. The molecule has 0 N–H and O–H groups in total. The number of imide groups is 1. The predicted molar refractivity (Wildman–Crippen MR) is 109 cm³/mol. The van der Waals surface area contributed by atoms with Gasteiger partial charge in [0, 0.05) is 24.9 Å². The number of carbonyl (C=O) groups excluding carboxylic acids is 3. The van der Waals surface area contributed by atoms with Crippen LogP contribution >= 0.6 is 22.9 Å². The van der Waals surface area contributed by atoms with E-state index in [4.69, 9.17) is 11.6 Å². The van der Waals surface area contributed by atoms with Gasteiger partial charge in [-0.15, -0.1) is 0 Å². The van der Waals surface area contributed by atoms with E-state index in [0.29, 0.717) is 27.6 Å². The Hall–Kier alpha value is -2.77. The fraction of sp³-hybridized carbons (Fsp3) is 0.200. The van der Waals surface area contributed by atoms with Crippen molar-refractivity contribution in [3.05, 3.63) is 57.9 Å². The van der Waals surface area contributed by atoms with Crippen LogP contribution in [0.1, 0.15) is 30.1 Å². The first-order valence-corrected chi connectivity index (χ1v) is 10.0. The number of anilines is 1. The highest BCUT2D eigenvalue weighted by atomic mass is 35.5. The van der Waals surface area contributed by atoms with Gasteiger partial charge in [-0.2, -0.15) is 4.99 Å². The standard InChI is InChI=1S/C20H16ClN3O3S/c1-2-23-18-14(21)7-4-8-15(18)28-20(23)22-19(27)12-5-3-6-13(11-12)24-16(25)9-10-17(24)26/h3-8,11H,2,9-10H2,1H3. The normalized spacial score (nSPS) is 15.1. The van der Waals surface area contributed by atoms with E-state index in [1.807, 2.05) is 29.7 Å². The van der Waals surface area contributed by atoms with Crippen molar-refractivity contribution in [3.63, 3.8) is 0 Å². The number of halogens is 1.